The summed E-state index contributed by atoms with van der Waals surface area (Å²) in [5, 5.41) is 0. The molecule has 5 nitrogen and oxygen atoms in total. The topological polar surface area (TPSA) is 66.6 Å². The molecular weight excluding hydrogens is 278 g/mol. The van der Waals surface area contributed by atoms with Gasteiger partial charge in [-0.25, -0.2) is 0 Å². The number of nitrogens with zero attached hydrogens (tertiary/aromatic N) is 2. The molecule has 1 fully saturated rings. The van der Waals surface area contributed by atoms with E-state index < -0.39 is 22.9 Å². The molecule has 0 unspecified atom stereocenters. The Bertz CT molecular complexity index is 441. The molecule has 124 valence electrons. The van der Waals surface area contributed by atoms with E-state index in [0.29, 0.717) is 25.9 Å². The Hall–Kier alpha value is -1.62. The van der Waals surface area contributed by atoms with E-state index in [9.17, 15) is 9.59 Å². The van der Waals surface area contributed by atoms with Crippen molar-refractivity contribution < 1.29 is 9.59 Å². The number of hydrogen-bond donors (Lipinski definition) is 1. The van der Waals surface area contributed by atoms with Crippen molar-refractivity contribution in [3.8, 4) is 0 Å². The summed E-state index contributed by atoms with van der Waals surface area (Å²) in [5.74, 6) is -0.998. The van der Waals surface area contributed by atoms with Crippen LogP contribution >= 0.6 is 0 Å². The average Bonchev–Trinajstić information content (AvgIpc) is 2.33. The zero-order valence-corrected chi connectivity index (χ0v) is 14.3. The third-order valence-corrected chi connectivity index (χ3v) is 4.11. The molecule has 0 radical (unpaired) electrons. The summed E-state index contributed by atoms with van der Waals surface area (Å²) in [6.07, 6.45) is 4.57. The van der Waals surface area contributed by atoms with Crippen molar-refractivity contribution in [2.45, 2.75) is 57.7 Å². The molecule has 2 N–H and O–H groups in total. The van der Waals surface area contributed by atoms with E-state index in [2.05, 4.69) is 13.2 Å². The summed E-state index contributed by atoms with van der Waals surface area (Å²) < 4.78 is 0. The Morgan fingerprint density at radius 3 is 1.91 bits per heavy atom. The maximum Gasteiger partial charge on any atom is 0.313 e. The van der Waals surface area contributed by atoms with E-state index >= 15 is 0 Å². The lowest BCUT2D eigenvalue weighted by Crippen LogP contribution is -2.67. The van der Waals surface area contributed by atoms with Crippen LogP contribution in [-0.4, -0.2) is 51.8 Å². The predicted molar refractivity (Wildman–Crippen MR) is 89.2 cm³/mol. The zero-order chi connectivity index (χ0) is 17.1. The maximum absolute atomic E-state index is 12.9. The van der Waals surface area contributed by atoms with Crippen LogP contribution < -0.4 is 5.73 Å². The highest BCUT2D eigenvalue weighted by Gasteiger charge is 2.49. The van der Waals surface area contributed by atoms with Crippen LogP contribution in [0.3, 0.4) is 0 Å². The number of nitrogens with two attached hydrogens (primary N) is 1. The average molecular weight is 307 g/mol. The van der Waals surface area contributed by atoms with Gasteiger partial charge in [0, 0.05) is 30.2 Å². The molecule has 1 heterocycles. The van der Waals surface area contributed by atoms with Gasteiger partial charge in [-0.15, -0.1) is 13.2 Å². The summed E-state index contributed by atoms with van der Waals surface area (Å²) in [6, 6.07) is 0.0293. The normalized spacial score (nSPS) is 20.3. The van der Waals surface area contributed by atoms with Gasteiger partial charge < -0.3 is 15.5 Å². The number of likely N-dealkylation sites (tertiary alicyclic amines) is 1. The smallest absolute Gasteiger partial charge is 0.313 e. The second-order valence-electron chi connectivity index (χ2n) is 7.22. The number of piperidine rings is 1. The van der Waals surface area contributed by atoms with Gasteiger partial charge in [-0.05, 0) is 40.5 Å². The standard InChI is InChI=1S/C17H29N3O2/c1-7-9-19(10-8-2)14(21)15(22)20-16(3,4)11-13(18)12-17(20,5)6/h7-8,13H,1-2,9-12,18H2,3-6H3. The minimum atomic E-state index is -0.517. The van der Waals surface area contributed by atoms with Crippen molar-refractivity contribution in [3.05, 3.63) is 25.3 Å². The number of carbonyl (C=O) groups excluding carboxylic acids is 2. The van der Waals surface area contributed by atoms with Crippen LogP contribution in [0.2, 0.25) is 0 Å². The number of hydrogen-bond acceptors (Lipinski definition) is 3. The highest BCUT2D eigenvalue weighted by Crippen LogP contribution is 2.37. The van der Waals surface area contributed by atoms with Crippen LogP contribution in [0.5, 0.6) is 0 Å². The Kier molecular flexibility index (Phi) is 5.57. The van der Waals surface area contributed by atoms with E-state index in [4.69, 9.17) is 5.73 Å². The van der Waals surface area contributed by atoms with Crippen LogP contribution in [0.4, 0.5) is 0 Å². The number of carbonyl (C=O) groups is 2. The van der Waals surface area contributed by atoms with Crippen LogP contribution in [0.1, 0.15) is 40.5 Å². The molecule has 2 amide bonds. The molecule has 1 aliphatic heterocycles. The molecule has 0 aromatic heterocycles. The lowest BCUT2D eigenvalue weighted by molar-refractivity contribution is -0.163. The minimum absolute atomic E-state index is 0.0293. The molecule has 0 spiro atoms. The fourth-order valence-corrected chi connectivity index (χ4v) is 3.69. The molecule has 1 rings (SSSR count). The molecule has 1 saturated heterocycles. The van der Waals surface area contributed by atoms with Gasteiger partial charge in [-0.3, -0.25) is 9.59 Å². The van der Waals surface area contributed by atoms with Gasteiger partial charge in [-0.1, -0.05) is 12.2 Å². The van der Waals surface area contributed by atoms with Crippen molar-refractivity contribution >= 4 is 11.8 Å². The fraction of sp³-hybridized carbons (Fsp3) is 0.647. The highest BCUT2D eigenvalue weighted by atomic mass is 16.2. The van der Waals surface area contributed by atoms with Crippen molar-refractivity contribution in [1.29, 1.82) is 0 Å². The second-order valence-corrected chi connectivity index (χ2v) is 7.22. The largest absolute Gasteiger partial charge is 0.328 e. The van der Waals surface area contributed by atoms with Crippen LogP contribution in [0.15, 0.2) is 25.3 Å². The second kappa shape index (κ2) is 6.65. The highest BCUT2D eigenvalue weighted by molar-refractivity contribution is 6.35. The third kappa shape index (κ3) is 3.77. The summed E-state index contributed by atoms with van der Waals surface area (Å²) in [6.45, 7) is 15.8. The molecule has 0 atom stereocenters. The Labute approximate surface area is 133 Å². The summed E-state index contributed by atoms with van der Waals surface area (Å²) >= 11 is 0. The Morgan fingerprint density at radius 1 is 1.14 bits per heavy atom. The predicted octanol–water partition coefficient (Wildman–Crippen LogP) is 1.69. The molecule has 0 bridgehead atoms. The third-order valence-electron chi connectivity index (χ3n) is 4.11. The first kappa shape index (κ1) is 18.4. The molecular formula is C17H29N3O2. The van der Waals surface area contributed by atoms with E-state index in [1.165, 1.54) is 4.90 Å². The molecule has 0 aliphatic carbocycles. The molecule has 0 aromatic rings. The summed E-state index contributed by atoms with van der Waals surface area (Å²) in [7, 11) is 0. The monoisotopic (exact) mass is 307 g/mol. The molecule has 5 heteroatoms. The number of rotatable bonds is 4. The minimum Gasteiger partial charge on any atom is -0.328 e. The van der Waals surface area contributed by atoms with Gasteiger partial charge in [-0.2, -0.15) is 0 Å². The Balaban J connectivity index is 3.09. The SMILES string of the molecule is C=CCN(CC=C)C(=O)C(=O)N1C(C)(C)CC(N)CC1(C)C. The van der Waals surface area contributed by atoms with Crippen LogP contribution in [0.25, 0.3) is 0 Å². The van der Waals surface area contributed by atoms with E-state index in [0.717, 1.165) is 0 Å². The van der Waals surface area contributed by atoms with Crippen molar-refractivity contribution in [1.82, 2.24) is 9.80 Å². The van der Waals surface area contributed by atoms with Gasteiger partial charge in [0.2, 0.25) is 0 Å². The maximum atomic E-state index is 12.9. The molecule has 1 aliphatic rings. The van der Waals surface area contributed by atoms with Crippen molar-refractivity contribution in [2.75, 3.05) is 13.1 Å². The van der Waals surface area contributed by atoms with E-state index in [1.807, 2.05) is 27.7 Å². The summed E-state index contributed by atoms with van der Waals surface area (Å²) in [5.41, 5.74) is 5.21. The van der Waals surface area contributed by atoms with Crippen LogP contribution in [0, 0.1) is 0 Å². The first-order valence-corrected chi connectivity index (χ1v) is 7.68. The van der Waals surface area contributed by atoms with Gasteiger partial charge in [0.1, 0.15) is 0 Å². The lowest BCUT2D eigenvalue weighted by atomic mass is 9.77. The van der Waals surface area contributed by atoms with Gasteiger partial charge in [0.25, 0.3) is 0 Å². The van der Waals surface area contributed by atoms with Gasteiger partial charge in [0.15, 0.2) is 0 Å². The van der Waals surface area contributed by atoms with Crippen molar-refractivity contribution in [3.63, 3.8) is 0 Å². The lowest BCUT2D eigenvalue weighted by Gasteiger charge is -2.54. The summed E-state index contributed by atoms with van der Waals surface area (Å²) in [4.78, 5) is 28.6. The van der Waals surface area contributed by atoms with Crippen LogP contribution in [-0.2, 0) is 9.59 Å². The fourth-order valence-electron chi connectivity index (χ4n) is 3.69. The quantitative estimate of drug-likeness (QED) is 0.635. The van der Waals surface area contributed by atoms with Crippen molar-refractivity contribution in [2.24, 2.45) is 5.73 Å². The molecule has 0 aromatic carbocycles. The zero-order valence-electron chi connectivity index (χ0n) is 14.3. The molecule has 22 heavy (non-hydrogen) atoms. The first-order chi connectivity index (χ1) is 10.1. The number of amides is 2. The van der Waals surface area contributed by atoms with E-state index in [1.54, 1.807) is 17.1 Å². The van der Waals surface area contributed by atoms with Gasteiger partial charge in [0.05, 0.1) is 0 Å². The first-order valence-electron chi connectivity index (χ1n) is 7.68. The molecule has 0 saturated carbocycles. The Morgan fingerprint density at radius 2 is 1.55 bits per heavy atom. The van der Waals surface area contributed by atoms with Gasteiger partial charge >= 0.3 is 11.8 Å². The van der Waals surface area contributed by atoms with E-state index in [-0.39, 0.29) is 6.04 Å².